The molecule has 2 aromatic carbocycles. The Hall–Kier alpha value is -2.88. The molecule has 3 aromatic rings. The highest BCUT2D eigenvalue weighted by Crippen LogP contribution is 2.29. The Labute approximate surface area is 147 Å². The molecule has 1 amide bonds. The van der Waals surface area contributed by atoms with E-state index in [-0.39, 0.29) is 5.91 Å². The monoisotopic (exact) mass is 332 g/mol. The minimum atomic E-state index is 0.159. The number of para-hydroxylation sites is 1. The summed E-state index contributed by atoms with van der Waals surface area (Å²) in [6.45, 7) is 4.89. The van der Waals surface area contributed by atoms with E-state index >= 15 is 0 Å². The van der Waals surface area contributed by atoms with Crippen LogP contribution in [-0.4, -0.2) is 37.0 Å². The van der Waals surface area contributed by atoms with Gasteiger partial charge in [0.1, 0.15) is 18.6 Å². The second-order valence-electron chi connectivity index (χ2n) is 6.47. The number of anilines is 1. The Morgan fingerprint density at radius 1 is 0.920 bits per heavy atom. The second kappa shape index (κ2) is 6.55. The van der Waals surface area contributed by atoms with Gasteiger partial charge in [-0.05, 0) is 11.6 Å². The van der Waals surface area contributed by atoms with E-state index in [4.69, 9.17) is 0 Å². The summed E-state index contributed by atoms with van der Waals surface area (Å²) in [6.07, 6.45) is 0. The van der Waals surface area contributed by atoms with E-state index in [9.17, 15) is 4.79 Å². The summed E-state index contributed by atoms with van der Waals surface area (Å²) in [5.74, 6) is 1.27. The zero-order valence-corrected chi connectivity index (χ0v) is 14.4. The number of pyridine rings is 1. The van der Waals surface area contributed by atoms with Crippen LogP contribution in [0, 0.1) is 0 Å². The number of carbonyl (C=O) groups is 1. The fourth-order valence-electron chi connectivity index (χ4n) is 3.50. The highest BCUT2D eigenvalue weighted by Gasteiger charge is 2.25. The van der Waals surface area contributed by atoms with Gasteiger partial charge >= 0.3 is 0 Å². The average Bonchev–Trinajstić information content (AvgIpc) is 2.68. The van der Waals surface area contributed by atoms with Crippen LogP contribution in [-0.2, 0) is 4.79 Å². The first-order valence-electron chi connectivity index (χ1n) is 8.73. The van der Waals surface area contributed by atoms with Gasteiger partial charge in [-0.15, -0.1) is 0 Å². The lowest BCUT2D eigenvalue weighted by atomic mass is 10.0. The molecule has 0 atom stereocenters. The van der Waals surface area contributed by atoms with Gasteiger partial charge in [-0.1, -0.05) is 48.5 Å². The zero-order valence-electron chi connectivity index (χ0n) is 14.4. The van der Waals surface area contributed by atoms with E-state index < -0.39 is 0 Å². The van der Waals surface area contributed by atoms with Crippen LogP contribution < -0.4 is 9.88 Å². The van der Waals surface area contributed by atoms with Crippen LogP contribution in [0.5, 0.6) is 0 Å². The maximum atomic E-state index is 11.6. The second-order valence-corrected chi connectivity index (χ2v) is 6.47. The van der Waals surface area contributed by atoms with E-state index in [0.717, 1.165) is 37.5 Å². The summed E-state index contributed by atoms with van der Waals surface area (Å²) < 4.78 is 0. The van der Waals surface area contributed by atoms with Crippen molar-refractivity contribution in [3.8, 4) is 11.1 Å². The van der Waals surface area contributed by atoms with Crippen molar-refractivity contribution in [3.63, 3.8) is 0 Å². The summed E-state index contributed by atoms with van der Waals surface area (Å²) in [6, 6.07) is 21.2. The molecule has 0 unspecified atom stereocenters. The summed E-state index contributed by atoms with van der Waals surface area (Å²) in [7, 11) is 0. The Morgan fingerprint density at radius 3 is 2.32 bits per heavy atom. The van der Waals surface area contributed by atoms with Crippen molar-refractivity contribution in [2.45, 2.75) is 6.92 Å². The lowest BCUT2D eigenvalue weighted by molar-refractivity contribution is -0.330. The molecule has 1 N–H and O–H groups in total. The van der Waals surface area contributed by atoms with Crippen LogP contribution >= 0.6 is 0 Å². The Balaban J connectivity index is 1.75. The fourth-order valence-corrected chi connectivity index (χ4v) is 3.50. The normalized spacial score (nSPS) is 14.8. The number of aromatic nitrogens is 1. The molecule has 1 fully saturated rings. The average molecular weight is 332 g/mol. The first-order chi connectivity index (χ1) is 12.2. The van der Waals surface area contributed by atoms with E-state index in [2.05, 4.69) is 64.5 Å². The molecule has 1 saturated heterocycles. The molecular weight excluding hydrogens is 310 g/mol. The van der Waals surface area contributed by atoms with Gasteiger partial charge in [0, 0.05) is 23.9 Å². The Bertz CT molecular complexity index is 899. The van der Waals surface area contributed by atoms with Gasteiger partial charge in [-0.2, -0.15) is 0 Å². The third-order valence-electron chi connectivity index (χ3n) is 4.91. The number of H-pyrrole nitrogens is 1. The van der Waals surface area contributed by atoms with Crippen molar-refractivity contribution < 1.29 is 9.78 Å². The predicted molar refractivity (Wildman–Crippen MR) is 100 cm³/mol. The number of amides is 1. The molecule has 0 aliphatic carbocycles. The number of hydrogen-bond donors (Lipinski definition) is 0. The molecule has 1 aliphatic rings. The molecule has 4 nitrogen and oxygen atoms in total. The quantitative estimate of drug-likeness (QED) is 0.723. The van der Waals surface area contributed by atoms with Crippen molar-refractivity contribution >= 4 is 22.6 Å². The number of aromatic amines is 1. The predicted octanol–water partition coefficient (Wildman–Crippen LogP) is 2.99. The molecule has 4 rings (SSSR count). The topological polar surface area (TPSA) is 37.7 Å². The van der Waals surface area contributed by atoms with Gasteiger partial charge in [-0.3, -0.25) is 9.69 Å². The molecule has 126 valence electrons. The van der Waals surface area contributed by atoms with Crippen LogP contribution in [0.2, 0.25) is 0 Å². The highest BCUT2D eigenvalue weighted by molar-refractivity contribution is 5.93. The number of carbonyl (C=O) groups excluding carboxylic acids is 1. The molecule has 0 spiro atoms. The van der Waals surface area contributed by atoms with Crippen LogP contribution in [0.25, 0.3) is 22.0 Å². The van der Waals surface area contributed by atoms with Crippen molar-refractivity contribution in [2.24, 2.45) is 0 Å². The number of rotatable bonds is 2. The van der Waals surface area contributed by atoms with Gasteiger partial charge in [0.15, 0.2) is 0 Å². The molecule has 1 aliphatic heterocycles. The van der Waals surface area contributed by atoms with Crippen molar-refractivity contribution in [2.75, 3.05) is 31.1 Å². The first kappa shape index (κ1) is 15.6. The SMILES string of the molecule is CC(=O)N1CCN(c2cc(-c3ccccc3)c3ccccc3[nH+]2)CC1. The summed E-state index contributed by atoms with van der Waals surface area (Å²) in [4.78, 5) is 19.4. The third-order valence-corrected chi connectivity index (χ3v) is 4.91. The molecule has 1 aromatic heterocycles. The standard InChI is InChI=1S/C21H21N3O/c1-16(25)23-11-13-24(14-12-23)21-15-19(17-7-3-2-4-8-17)18-9-5-6-10-20(18)22-21/h2-10,15H,11-14H2,1H3/p+1. The first-order valence-corrected chi connectivity index (χ1v) is 8.73. The molecule has 25 heavy (non-hydrogen) atoms. The molecule has 2 heterocycles. The van der Waals surface area contributed by atoms with Gasteiger partial charge < -0.3 is 4.90 Å². The number of fused-ring (bicyclic) bond motifs is 1. The fraction of sp³-hybridized carbons (Fsp3) is 0.238. The maximum absolute atomic E-state index is 11.6. The summed E-state index contributed by atoms with van der Waals surface area (Å²) >= 11 is 0. The Kier molecular flexibility index (Phi) is 4.10. The van der Waals surface area contributed by atoms with E-state index in [1.807, 2.05) is 11.0 Å². The van der Waals surface area contributed by atoms with E-state index in [0.29, 0.717) is 0 Å². The molecule has 4 heteroatoms. The number of nitrogens with one attached hydrogen (secondary N) is 1. The van der Waals surface area contributed by atoms with Crippen LogP contribution in [0.4, 0.5) is 5.82 Å². The molecule has 0 bridgehead atoms. The van der Waals surface area contributed by atoms with Crippen molar-refractivity contribution in [1.82, 2.24) is 4.90 Å². The van der Waals surface area contributed by atoms with Gasteiger partial charge in [0.2, 0.25) is 5.91 Å². The number of benzene rings is 2. The summed E-state index contributed by atoms with van der Waals surface area (Å²) in [5, 5.41) is 1.22. The van der Waals surface area contributed by atoms with Crippen molar-refractivity contribution in [1.29, 1.82) is 0 Å². The smallest absolute Gasteiger partial charge is 0.275 e. The van der Waals surface area contributed by atoms with Crippen LogP contribution in [0.1, 0.15) is 6.92 Å². The minimum absolute atomic E-state index is 0.159. The molecule has 0 saturated carbocycles. The maximum Gasteiger partial charge on any atom is 0.275 e. The van der Waals surface area contributed by atoms with Crippen LogP contribution in [0.3, 0.4) is 0 Å². The van der Waals surface area contributed by atoms with Gasteiger partial charge in [0.25, 0.3) is 5.82 Å². The van der Waals surface area contributed by atoms with Gasteiger partial charge in [0.05, 0.1) is 13.1 Å². The summed E-state index contributed by atoms with van der Waals surface area (Å²) in [5.41, 5.74) is 3.59. The Morgan fingerprint density at radius 2 is 1.60 bits per heavy atom. The lowest BCUT2D eigenvalue weighted by Crippen LogP contribution is -2.49. The van der Waals surface area contributed by atoms with Crippen LogP contribution in [0.15, 0.2) is 60.7 Å². The van der Waals surface area contributed by atoms with Crippen molar-refractivity contribution in [3.05, 3.63) is 60.7 Å². The largest absolute Gasteiger partial charge is 0.335 e. The minimum Gasteiger partial charge on any atom is -0.335 e. The number of piperazine rings is 1. The van der Waals surface area contributed by atoms with Gasteiger partial charge in [-0.25, -0.2) is 4.98 Å². The van der Waals surface area contributed by atoms with E-state index in [1.54, 1.807) is 6.92 Å². The number of nitrogens with zero attached hydrogens (tertiary/aromatic N) is 2. The third kappa shape index (κ3) is 3.07. The zero-order chi connectivity index (χ0) is 17.2. The molecular formula is C21H22N3O+. The number of hydrogen-bond acceptors (Lipinski definition) is 2. The highest BCUT2D eigenvalue weighted by atomic mass is 16.2. The lowest BCUT2D eigenvalue weighted by Gasteiger charge is -2.30. The van der Waals surface area contributed by atoms with E-state index in [1.165, 1.54) is 16.5 Å². The molecule has 0 radical (unpaired) electrons.